The molecule has 0 saturated carbocycles. The van der Waals surface area contributed by atoms with Crippen LogP contribution in [0, 0.1) is 0 Å². The average molecular weight is 493 g/mol. The molecule has 0 aliphatic carbocycles. The second-order valence-corrected chi connectivity index (χ2v) is 9.56. The summed E-state index contributed by atoms with van der Waals surface area (Å²) in [6, 6.07) is -0.151. The molecule has 2 aromatic rings. The van der Waals surface area contributed by atoms with Gasteiger partial charge in [0.2, 0.25) is 5.91 Å². The predicted molar refractivity (Wildman–Crippen MR) is 120 cm³/mol. The summed E-state index contributed by atoms with van der Waals surface area (Å²) in [6.07, 6.45) is -1.89. The molecule has 2 aliphatic heterocycles. The molecule has 13 heteroatoms. The topological polar surface area (TPSA) is 113 Å². The molecule has 0 bridgehead atoms. The van der Waals surface area contributed by atoms with E-state index in [9.17, 15) is 22.8 Å². The van der Waals surface area contributed by atoms with Gasteiger partial charge in [0, 0.05) is 37.7 Å². The highest BCUT2D eigenvalue weighted by Crippen LogP contribution is 2.45. The molecule has 10 nitrogen and oxygen atoms in total. The number of fused-ring (bicyclic) bond motifs is 1. The highest BCUT2D eigenvalue weighted by molar-refractivity contribution is 5.95. The van der Waals surface area contributed by atoms with E-state index in [0.29, 0.717) is 25.5 Å². The zero-order valence-electron chi connectivity index (χ0n) is 19.8. The number of hydrogen-bond donors (Lipinski definition) is 1. The molecule has 0 spiro atoms. The lowest BCUT2D eigenvalue weighted by Crippen LogP contribution is -2.54. The minimum absolute atomic E-state index is 0.0354. The van der Waals surface area contributed by atoms with Gasteiger partial charge in [-0.25, -0.2) is 19.7 Å². The number of carbonyl (C=O) groups excluding carboxylic acids is 2. The van der Waals surface area contributed by atoms with Crippen LogP contribution in [0.2, 0.25) is 0 Å². The Balaban J connectivity index is 1.61. The van der Waals surface area contributed by atoms with E-state index in [1.54, 1.807) is 25.7 Å². The van der Waals surface area contributed by atoms with Gasteiger partial charge in [-0.2, -0.15) is 13.2 Å². The summed E-state index contributed by atoms with van der Waals surface area (Å²) in [5.74, 6) is -2.56. The molecule has 0 radical (unpaired) electrons. The van der Waals surface area contributed by atoms with Crippen LogP contribution in [0.25, 0.3) is 11.4 Å². The largest absolute Gasteiger partial charge is 0.444 e. The van der Waals surface area contributed by atoms with E-state index in [4.69, 9.17) is 4.74 Å². The van der Waals surface area contributed by atoms with Crippen molar-refractivity contribution < 1.29 is 27.5 Å². The van der Waals surface area contributed by atoms with Crippen LogP contribution < -0.4 is 10.2 Å². The maximum atomic E-state index is 13.8. The SMILES string of the molecule is C[C@@H]1CN(C(=O)OC(C)(C)C)CCN1c1cncc(-c2ncnc3c2[C@H](C(F)(F)F)CC(=O)N3)n1. The van der Waals surface area contributed by atoms with E-state index in [1.807, 2.05) is 11.8 Å². The van der Waals surface area contributed by atoms with Crippen LogP contribution in [0.4, 0.5) is 29.6 Å². The third-order valence-corrected chi connectivity index (χ3v) is 5.71. The van der Waals surface area contributed by atoms with Crippen molar-refractivity contribution in [2.45, 2.75) is 57.9 Å². The first-order valence-corrected chi connectivity index (χ1v) is 11.1. The molecule has 2 atom stereocenters. The number of nitrogens with zero attached hydrogens (tertiary/aromatic N) is 6. The van der Waals surface area contributed by atoms with Gasteiger partial charge >= 0.3 is 12.3 Å². The number of alkyl halides is 3. The maximum Gasteiger partial charge on any atom is 0.410 e. The molecule has 1 saturated heterocycles. The maximum absolute atomic E-state index is 13.8. The van der Waals surface area contributed by atoms with Gasteiger partial charge in [-0.15, -0.1) is 0 Å². The fourth-order valence-electron chi connectivity index (χ4n) is 4.18. The average Bonchev–Trinajstić information content (AvgIpc) is 2.76. The van der Waals surface area contributed by atoms with Gasteiger partial charge in [0.05, 0.1) is 24.0 Å². The molecule has 35 heavy (non-hydrogen) atoms. The number of hydrogen-bond acceptors (Lipinski definition) is 8. The molecular weight excluding hydrogens is 467 g/mol. The highest BCUT2D eigenvalue weighted by atomic mass is 19.4. The van der Waals surface area contributed by atoms with Crippen LogP contribution in [-0.2, 0) is 9.53 Å². The molecule has 2 aromatic heterocycles. The number of amides is 2. The molecule has 1 fully saturated rings. The minimum Gasteiger partial charge on any atom is -0.444 e. The fraction of sp³-hybridized carbons (Fsp3) is 0.545. The van der Waals surface area contributed by atoms with Gasteiger partial charge in [0.15, 0.2) is 0 Å². The van der Waals surface area contributed by atoms with Crippen molar-refractivity contribution in [3.05, 3.63) is 24.3 Å². The number of nitrogens with one attached hydrogen (secondary N) is 1. The summed E-state index contributed by atoms with van der Waals surface area (Å²) in [5, 5.41) is 2.39. The molecule has 2 amide bonds. The summed E-state index contributed by atoms with van der Waals surface area (Å²) >= 11 is 0. The summed E-state index contributed by atoms with van der Waals surface area (Å²) < 4.78 is 46.8. The van der Waals surface area contributed by atoms with E-state index >= 15 is 0 Å². The molecule has 188 valence electrons. The van der Waals surface area contributed by atoms with Crippen LogP contribution >= 0.6 is 0 Å². The third-order valence-electron chi connectivity index (χ3n) is 5.71. The van der Waals surface area contributed by atoms with Gasteiger partial charge in [0.25, 0.3) is 0 Å². The van der Waals surface area contributed by atoms with E-state index < -0.39 is 36.1 Å². The van der Waals surface area contributed by atoms with E-state index in [1.165, 1.54) is 12.4 Å². The van der Waals surface area contributed by atoms with Crippen LogP contribution in [0.1, 0.15) is 45.6 Å². The zero-order chi connectivity index (χ0) is 25.5. The van der Waals surface area contributed by atoms with Gasteiger partial charge in [-0.3, -0.25) is 9.78 Å². The number of anilines is 2. The molecule has 1 N–H and O–H groups in total. The summed E-state index contributed by atoms with van der Waals surface area (Å²) in [4.78, 5) is 44.5. The van der Waals surface area contributed by atoms with Crippen molar-refractivity contribution in [1.82, 2.24) is 24.8 Å². The van der Waals surface area contributed by atoms with Crippen molar-refractivity contribution in [3.63, 3.8) is 0 Å². The zero-order valence-corrected chi connectivity index (χ0v) is 19.8. The minimum atomic E-state index is -4.66. The summed E-state index contributed by atoms with van der Waals surface area (Å²) in [5.41, 5.74) is -0.740. The smallest absolute Gasteiger partial charge is 0.410 e. The Bertz CT molecular complexity index is 1140. The van der Waals surface area contributed by atoms with Crippen molar-refractivity contribution in [1.29, 1.82) is 0 Å². The van der Waals surface area contributed by atoms with Crippen LogP contribution in [0.5, 0.6) is 0 Å². The Hall–Kier alpha value is -3.51. The second-order valence-electron chi connectivity index (χ2n) is 9.56. The quantitative estimate of drug-likeness (QED) is 0.678. The number of piperazine rings is 1. The van der Waals surface area contributed by atoms with E-state index in [0.717, 1.165) is 6.33 Å². The Morgan fingerprint density at radius 2 is 1.91 bits per heavy atom. The highest BCUT2D eigenvalue weighted by Gasteiger charge is 2.47. The van der Waals surface area contributed by atoms with Gasteiger partial charge in [0.1, 0.15) is 29.3 Å². The van der Waals surface area contributed by atoms with E-state index in [2.05, 4.69) is 25.3 Å². The second kappa shape index (κ2) is 8.93. The molecule has 4 rings (SSSR count). The Kier molecular flexibility index (Phi) is 6.28. The first-order valence-electron chi connectivity index (χ1n) is 11.1. The number of halogens is 3. The van der Waals surface area contributed by atoms with Crippen LogP contribution in [0.3, 0.4) is 0 Å². The monoisotopic (exact) mass is 493 g/mol. The van der Waals surface area contributed by atoms with Crippen molar-refractivity contribution in [2.75, 3.05) is 29.9 Å². The van der Waals surface area contributed by atoms with Crippen molar-refractivity contribution >= 4 is 23.6 Å². The molecule has 2 aliphatic rings. The van der Waals surface area contributed by atoms with Gasteiger partial charge in [-0.05, 0) is 27.7 Å². The molecular formula is C22H26F3N7O3. The standard InChI is InChI=1S/C22H26F3N7O3/c1-12-10-31(20(34)35-21(2,3)4)5-6-32(12)15-9-26-8-14(29-15)18-17-13(22(23,24)25)7-16(33)30-19(17)28-11-27-18/h8-9,11-13H,5-7,10H2,1-4H3,(H,27,28,30,33)/t12-,13-/m1/s1. The lowest BCUT2D eigenvalue weighted by molar-refractivity contribution is -0.156. The van der Waals surface area contributed by atoms with Crippen LogP contribution in [-0.4, -0.2) is 74.3 Å². The number of carbonyl (C=O) groups is 2. The van der Waals surface area contributed by atoms with Crippen LogP contribution in [0.15, 0.2) is 18.7 Å². The van der Waals surface area contributed by atoms with Crippen molar-refractivity contribution in [2.24, 2.45) is 0 Å². The summed E-state index contributed by atoms with van der Waals surface area (Å²) in [7, 11) is 0. The first-order chi connectivity index (χ1) is 16.3. The summed E-state index contributed by atoms with van der Waals surface area (Å²) in [6.45, 7) is 8.50. The number of aromatic nitrogens is 4. The van der Waals surface area contributed by atoms with E-state index in [-0.39, 0.29) is 28.8 Å². The lowest BCUT2D eigenvalue weighted by atomic mass is 9.90. The molecule has 4 heterocycles. The number of ether oxygens (including phenoxy) is 1. The fourth-order valence-corrected chi connectivity index (χ4v) is 4.18. The van der Waals surface area contributed by atoms with Crippen molar-refractivity contribution in [3.8, 4) is 11.4 Å². The molecule has 0 aromatic carbocycles. The Morgan fingerprint density at radius 3 is 2.57 bits per heavy atom. The Morgan fingerprint density at radius 1 is 1.17 bits per heavy atom. The molecule has 0 unspecified atom stereocenters. The van der Waals surface area contributed by atoms with Gasteiger partial charge < -0.3 is 19.9 Å². The Labute approximate surface area is 199 Å². The normalized spacial score (nSPS) is 20.8. The lowest BCUT2D eigenvalue weighted by Gasteiger charge is -2.40. The third kappa shape index (κ3) is 5.28. The predicted octanol–water partition coefficient (Wildman–Crippen LogP) is 3.37. The van der Waals surface area contributed by atoms with Gasteiger partial charge in [-0.1, -0.05) is 0 Å². The number of rotatable bonds is 2. The first kappa shape index (κ1) is 24.6.